The lowest BCUT2D eigenvalue weighted by molar-refractivity contribution is 0.0790. The summed E-state index contributed by atoms with van der Waals surface area (Å²) in [6.07, 6.45) is 4.74. The van der Waals surface area contributed by atoms with Crippen LogP contribution in [0.3, 0.4) is 0 Å². The molecule has 24 heavy (non-hydrogen) atoms. The summed E-state index contributed by atoms with van der Waals surface area (Å²) in [6.45, 7) is 5.91. The smallest absolute Gasteiger partial charge is 0.257 e. The van der Waals surface area contributed by atoms with E-state index in [1.54, 1.807) is 0 Å². The highest BCUT2D eigenvalue weighted by Gasteiger charge is 2.28. The van der Waals surface area contributed by atoms with Gasteiger partial charge in [0.2, 0.25) is 0 Å². The van der Waals surface area contributed by atoms with Gasteiger partial charge in [0.05, 0.1) is 22.6 Å². The van der Waals surface area contributed by atoms with Crippen molar-refractivity contribution in [2.75, 3.05) is 13.1 Å². The van der Waals surface area contributed by atoms with Crippen molar-refractivity contribution in [1.82, 2.24) is 14.7 Å². The molecule has 2 aromatic rings. The minimum absolute atomic E-state index is 0.140. The fourth-order valence-electron chi connectivity index (χ4n) is 3.39. The Morgan fingerprint density at radius 2 is 2.00 bits per heavy atom. The third-order valence-electron chi connectivity index (χ3n) is 4.54. The first-order chi connectivity index (χ1) is 11.7. The molecule has 1 fully saturated rings. The molecule has 0 unspecified atom stereocenters. The second kappa shape index (κ2) is 7.39. The lowest BCUT2D eigenvalue weighted by Gasteiger charge is -2.16. The van der Waals surface area contributed by atoms with Crippen LogP contribution in [-0.2, 0) is 12.8 Å². The Hall–Kier alpha value is -1.81. The molecule has 128 valence electrons. The minimum atomic E-state index is 0.140. The number of rotatable bonds is 5. The average molecular weight is 346 g/mol. The van der Waals surface area contributed by atoms with E-state index in [1.165, 1.54) is 0 Å². The Morgan fingerprint density at radius 3 is 2.62 bits per heavy atom. The Balaban J connectivity index is 2.10. The molecule has 4 nitrogen and oxygen atoms in total. The second-order valence-electron chi connectivity index (χ2n) is 6.26. The summed E-state index contributed by atoms with van der Waals surface area (Å²) in [6, 6.07) is 7.65. The molecule has 1 aliphatic rings. The number of hydrogen-bond acceptors (Lipinski definition) is 2. The van der Waals surface area contributed by atoms with E-state index in [0.29, 0.717) is 5.02 Å². The topological polar surface area (TPSA) is 38.1 Å². The first-order valence-corrected chi connectivity index (χ1v) is 9.19. The molecule has 1 saturated heterocycles. The van der Waals surface area contributed by atoms with Crippen molar-refractivity contribution in [3.05, 3.63) is 46.2 Å². The fraction of sp³-hybridized carbons (Fsp3) is 0.474. The summed E-state index contributed by atoms with van der Waals surface area (Å²) in [5.74, 6) is 0.140. The highest BCUT2D eigenvalue weighted by atomic mass is 35.5. The van der Waals surface area contributed by atoms with Gasteiger partial charge in [-0.3, -0.25) is 4.79 Å². The van der Waals surface area contributed by atoms with E-state index in [1.807, 2.05) is 33.8 Å². The molecule has 0 radical (unpaired) electrons. The summed E-state index contributed by atoms with van der Waals surface area (Å²) in [5.41, 5.74) is 3.61. The van der Waals surface area contributed by atoms with Gasteiger partial charge in [0.15, 0.2) is 0 Å². The van der Waals surface area contributed by atoms with Crippen molar-refractivity contribution < 1.29 is 4.79 Å². The van der Waals surface area contributed by atoms with Gasteiger partial charge >= 0.3 is 0 Å². The number of aryl methyl sites for hydroxylation is 1. The quantitative estimate of drug-likeness (QED) is 0.811. The maximum atomic E-state index is 13.1. The summed E-state index contributed by atoms with van der Waals surface area (Å²) in [7, 11) is 0. The molecule has 2 heterocycles. The number of hydrogen-bond donors (Lipinski definition) is 0. The van der Waals surface area contributed by atoms with Crippen LogP contribution in [0.4, 0.5) is 0 Å². The molecule has 3 rings (SSSR count). The molecule has 1 aromatic carbocycles. The van der Waals surface area contributed by atoms with Gasteiger partial charge in [0.25, 0.3) is 5.91 Å². The molecule has 0 N–H and O–H groups in total. The molecular weight excluding hydrogens is 322 g/mol. The van der Waals surface area contributed by atoms with Crippen LogP contribution in [-0.4, -0.2) is 33.7 Å². The lowest BCUT2D eigenvalue weighted by Crippen LogP contribution is -2.29. The number of aromatic nitrogens is 2. The van der Waals surface area contributed by atoms with Crippen LogP contribution in [0.1, 0.15) is 54.9 Å². The van der Waals surface area contributed by atoms with Gasteiger partial charge in [-0.15, -0.1) is 0 Å². The first-order valence-electron chi connectivity index (χ1n) is 8.81. The van der Waals surface area contributed by atoms with Crippen molar-refractivity contribution in [3.8, 4) is 5.69 Å². The van der Waals surface area contributed by atoms with Crippen LogP contribution < -0.4 is 0 Å². The highest BCUT2D eigenvalue weighted by molar-refractivity contribution is 6.30. The Kier molecular flexibility index (Phi) is 5.24. The van der Waals surface area contributed by atoms with Crippen molar-refractivity contribution in [2.45, 2.75) is 46.0 Å². The Labute approximate surface area is 148 Å². The Bertz CT molecular complexity index is 732. The number of nitrogens with zero attached hydrogens (tertiary/aromatic N) is 3. The summed E-state index contributed by atoms with van der Waals surface area (Å²) < 4.78 is 1.90. The Morgan fingerprint density at radius 1 is 1.25 bits per heavy atom. The summed E-state index contributed by atoms with van der Waals surface area (Å²) in [5, 5.41) is 5.46. The van der Waals surface area contributed by atoms with Gasteiger partial charge in [0.1, 0.15) is 0 Å². The molecule has 0 aliphatic carbocycles. The predicted molar refractivity (Wildman–Crippen MR) is 97.1 cm³/mol. The molecule has 0 saturated carbocycles. The highest BCUT2D eigenvalue weighted by Crippen LogP contribution is 2.25. The van der Waals surface area contributed by atoms with E-state index in [2.05, 4.69) is 13.8 Å². The molecule has 0 bridgehead atoms. The van der Waals surface area contributed by atoms with Crippen molar-refractivity contribution in [2.24, 2.45) is 0 Å². The molecular formula is C19H24ClN3O. The number of likely N-dealkylation sites (tertiary alicyclic amines) is 1. The van der Waals surface area contributed by atoms with Crippen LogP contribution in [0.2, 0.25) is 5.02 Å². The largest absolute Gasteiger partial charge is 0.339 e. The maximum absolute atomic E-state index is 13.1. The average Bonchev–Trinajstić information content (AvgIpc) is 3.22. The number of carbonyl (C=O) groups excluding carboxylic acids is 1. The number of halogens is 1. The fourth-order valence-corrected chi connectivity index (χ4v) is 3.57. The molecule has 5 heteroatoms. The second-order valence-corrected chi connectivity index (χ2v) is 6.70. The van der Waals surface area contributed by atoms with Gasteiger partial charge < -0.3 is 4.90 Å². The minimum Gasteiger partial charge on any atom is -0.339 e. The van der Waals surface area contributed by atoms with Crippen LogP contribution in [0.25, 0.3) is 5.69 Å². The molecule has 1 amide bonds. The van der Waals surface area contributed by atoms with E-state index < -0.39 is 0 Å². The first kappa shape index (κ1) is 17.0. The lowest BCUT2D eigenvalue weighted by atomic mass is 10.1. The number of benzene rings is 1. The van der Waals surface area contributed by atoms with Gasteiger partial charge in [-0.25, -0.2) is 4.68 Å². The van der Waals surface area contributed by atoms with E-state index in [9.17, 15) is 4.79 Å². The van der Waals surface area contributed by atoms with E-state index in [0.717, 1.165) is 67.8 Å². The van der Waals surface area contributed by atoms with Crippen LogP contribution in [0.5, 0.6) is 0 Å². The van der Waals surface area contributed by atoms with Gasteiger partial charge in [-0.2, -0.15) is 5.10 Å². The zero-order chi connectivity index (χ0) is 17.1. The van der Waals surface area contributed by atoms with Gasteiger partial charge in [-0.1, -0.05) is 37.9 Å². The maximum Gasteiger partial charge on any atom is 0.257 e. The van der Waals surface area contributed by atoms with Crippen molar-refractivity contribution >= 4 is 17.5 Å². The van der Waals surface area contributed by atoms with E-state index >= 15 is 0 Å². The van der Waals surface area contributed by atoms with Gasteiger partial charge in [-0.05, 0) is 43.9 Å². The van der Waals surface area contributed by atoms with Crippen molar-refractivity contribution in [3.63, 3.8) is 0 Å². The SMILES string of the molecule is CCCc1nn(-c2cccc(Cl)c2)c(CC)c1C(=O)N1CCCC1. The molecule has 1 aliphatic heterocycles. The van der Waals surface area contributed by atoms with Crippen LogP contribution in [0.15, 0.2) is 24.3 Å². The monoisotopic (exact) mass is 345 g/mol. The molecule has 0 spiro atoms. The van der Waals surface area contributed by atoms with Gasteiger partial charge in [0, 0.05) is 18.1 Å². The van der Waals surface area contributed by atoms with Crippen molar-refractivity contribution in [1.29, 1.82) is 0 Å². The third kappa shape index (κ3) is 3.20. The van der Waals surface area contributed by atoms with E-state index in [-0.39, 0.29) is 5.91 Å². The van der Waals surface area contributed by atoms with Crippen LogP contribution in [0, 0.1) is 0 Å². The molecule has 1 aromatic heterocycles. The predicted octanol–water partition coefficient (Wildman–Crippen LogP) is 4.28. The van der Waals surface area contributed by atoms with Crippen LogP contribution >= 0.6 is 11.6 Å². The number of amides is 1. The zero-order valence-electron chi connectivity index (χ0n) is 14.4. The summed E-state index contributed by atoms with van der Waals surface area (Å²) >= 11 is 6.15. The normalized spacial score (nSPS) is 14.4. The van der Waals surface area contributed by atoms with E-state index in [4.69, 9.17) is 16.7 Å². The zero-order valence-corrected chi connectivity index (χ0v) is 15.1. The summed E-state index contributed by atoms with van der Waals surface area (Å²) in [4.78, 5) is 15.1. The number of carbonyl (C=O) groups is 1. The molecule has 0 atom stereocenters. The third-order valence-corrected chi connectivity index (χ3v) is 4.77. The standard InChI is InChI=1S/C19H24ClN3O/c1-3-8-16-18(19(24)22-11-5-6-12-22)17(4-2)23(21-16)15-10-7-9-14(20)13-15/h7,9-10,13H,3-6,8,11-12H2,1-2H3.